The average Bonchev–Trinajstić information content (AvgIpc) is 3.16. The summed E-state index contributed by atoms with van der Waals surface area (Å²) in [5.74, 6) is -0.554. The molecule has 8 heteroatoms. The predicted molar refractivity (Wildman–Crippen MR) is 104 cm³/mol. The minimum absolute atomic E-state index is 0.152. The highest BCUT2D eigenvalue weighted by Gasteiger charge is 2.31. The van der Waals surface area contributed by atoms with Crippen molar-refractivity contribution in [2.24, 2.45) is 0 Å². The summed E-state index contributed by atoms with van der Waals surface area (Å²) in [6.07, 6.45) is 0.170. The molecule has 1 aliphatic heterocycles. The van der Waals surface area contributed by atoms with Gasteiger partial charge in [0.15, 0.2) is 5.13 Å². The molecular formula is C19H17FN4O2S. The van der Waals surface area contributed by atoms with E-state index in [2.05, 4.69) is 15.6 Å². The largest absolute Gasteiger partial charge is 0.333 e. The summed E-state index contributed by atoms with van der Waals surface area (Å²) < 4.78 is 14.4. The molecular weight excluding hydrogens is 367 g/mol. The molecule has 1 saturated heterocycles. The van der Waals surface area contributed by atoms with Crippen molar-refractivity contribution in [3.63, 3.8) is 0 Å². The minimum Gasteiger partial charge on any atom is -0.333 e. The Bertz CT molecular complexity index is 1040. The molecule has 0 saturated carbocycles. The Morgan fingerprint density at radius 1 is 1.30 bits per heavy atom. The molecule has 2 aromatic carbocycles. The van der Waals surface area contributed by atoms with Gasteiger partial charge in [-0.25, -0.2) is 14.2 Å². The van der Waals surface area contributed by atoms with E-state index >= 15 is 0 Å². The first kappa shape index (κ1) is 17.4. The van der Waals surface area contributed by atoms with Crippen LogP contribution in [0.3, 0.4) is 0 Å². The van der Waals surface area contributed by atoms with Gasteiger partial charge in [0.1, 0.15) is 5.82 Å². The van der Waals surface area contributed by atoms with Crippen molar-refractivity contribution in [1.82, 2.24) is 10.3 Å². The van der Waals surface area contributed by atoms with E-state index in [0.717, 1.165) is 15.8 Å². The number of nitrogens with zero attached hydrogens (tertiary/aromatic N) is 2. The van der Waals surface area contributed by atoms with E-state index in [1.54, 1.807) is 12.1 Å². The van der Waals surface area contributed by atoms with E-state index in [9.17, 15) is 14.0 Å². The topological polar surface area (TPSA) is 74.3 Å². The third-order valence-electron chi connectivity index (χ3n) is 4.34. The van der Waals surface area contributed by atoms with Crippen LogP contribution in [-0.4, -0.2) is 29.5 Å². The number of thiazole rings is 1. The van der Waals surface area contributed by atoms with Crippen molar-refractivity contribution in [1.29, 1.82) is 0 Å². The number of anilines is 2. The molecule has 1 unspecified atom stereocenters. The lowest BCUT2D eigenvalue weighted by Gasteiger charge is -2.17. The van der Waals surface area contributed by atoms with E-state index in [-0.39, 0.29) is 18.4 Å². The molecule has 4 rings (SSSR count). The summed E-state index contributed by atoms with van der Waals surface area (Å²) in [4.78, 5) is 30.3. The second kappa shape index (κ2) is 6.96. The molecule has 1 aromatic heterocycles. The first-order valence-electron chi connectivity index (χ1n) is 8.48. The Kier molecular flexibility index (Phi) is 4.49. The first-order chi connectivity index (χ1) is 13.0. The van der Waals surface area contributed by atoms with Gasteiger partial charge in [0, 0.05) is 18.7 Å². The Labute approximate surface area is 159 Å². The fourth-order valence-electron chi connectivity index (χ4n) is 3.10. The van der Waals surface area contributed by atoms with Crippen LogP contribution in [0.25, 0.3) is 10.2 Å². The van der Waals surface area contributed by atoms with Crippen LogP contribution in [0.5, 0.6) is 0 Å². The van der Waals surface area contributed by atoms with Crippen LogP contribution in [0.2, 0.25) is 0 Å². The fourth-order valence-corrected chi connectivity index (χ4v) is 4.06. The highest BCUT2D eigenvalue weighted by molar-refractivity contribution is 7.22. The van der Waals surface area contributed by atoms with Gasteiger partial charge < -0.3 is 10.2 Å². The smallest absolute Gasteiger partial charge is 0.321 e. The van der Waals surface area contributed by atoms with Crippen molar-refractivity contribution in [3.8, 4) is 0 Å². The quantitative estimate of drug-likeness (QED) is 0.724. The van der Waals surface area contributed by atoms with Crippen molar-refractivity contribution in [3.05, 3.63) is 53.8 Å². The molecule has 1 atom stereocenters. The Morgan fingerprint density at radius 3 is 2.96 bits per heavy atom. The summed E-state index contributed by atoms with van der Waals surface area (Å²) in [5, 5.41) is 6.01. The monoisotopic (exact) mass is 384 g/mol. The van der Waals surface area contributed by atoms with Crippen LogP contribution in [-0.2, 0) is 4.79 Å². The van der Waals surface area contributed by atoms with Crippen molar-refractivity contribution in [2.75, 3.05) is 16.8 Å². The number of benzene rings is 2. The SMILES string of the molecule is Cc1ccc2nc(NC(=O)NC3CC(=O)N(c4cccc(F)c4)C3)sc2c1. The summed E-state index contributed by atoms with van der Waals surface area (Å²) in [6, 6.07) is 11.0. The van der Waals surface area contributed by atoms with Crippen LogP contribution in [0, 0.1) is 12.7 Å². The number of urea groups is 1. The van der Waals surface area contributed by atoms with Gasteiger partial charge in [0.2, 0.25) is 5.91 Å². The standard InChI is InChI=1S/C19H17FN4O2S/c1-11-5-6-15-16(7-11)27-19(22-15)23-18(26)21-13-9-17(25)24(10-13)14-4-2-3-12(20)8-14/h2-8,13H,9-10H2,1H3,(H2,21,22,23,26). The fraction of sp³-hybridized carbons (Fsp3) is 0.211. The number of carbonyl (C=O) groups is 2. The van der Waals surface area contributed by atoms with Crippen LogP contribution in [0.15, 0.2) is 42.5 Å². The number of rotatable bonds is 3. The van der Waals surface area contributed by atoms with Crippen LogP contribution in [0.4, 0.5) is 20.0 Å². The third-order valence-corrected chi connectivity index (χ3v) is 5.28. The molecule has 2 N–H and O–H groups in total. The second-order valence-electron chi connectivity index (χ2n) is 6.47. The number of hydrogen-bond donors (Lipinski definition) is 2. The van der Waals surface area contributed by atoms with Crippen LogP contribution >= 0.6 is 11.3 Å². The van der Waals surface area contributed by atoms with Gasteiger partial charge in [0.25, 0.3) is 0 Å². The number of carbonyl (C=O) groups excluding carboxylic acids is 2. The van der Waals surface area contributed by atoms with E-state index in [1.165, 1.54) is 28.4 Å². The molecule has 27 heavy (non-hydrogen) atoms. The molecule has 0 spiro atoms. The summed E-state index contributed by atoms with van der Waals surface area (Å²) in [6.45, 7) is 2.30. The zero-order chi connectivity index (χ0) is 19.0. The van der Waals surface area contributed by atoms with Crippen LogP contribution < -0.4 is 15.5 Å². The molecule has 138 valence electrons. The number of halogens is 1. The molecule has 0 bridgehead atoms. The van der Waals surface area contributed by atoms with Gasteiger partial charge in [0.05, 0.1) is 16.3 Å². The molecule has 3 amide bonds. The molecule has 0 aliphatic carbocycles. The Hall–Kier alpha value is -3.00. The Balaban J connectivity index is 1.40. The molecule has 3 aromatic rings. The maximum atomic E-state index is 13.4. The molecule has 2 heterocycles. The predicted octanol–water partition coefficient (Wildman–Crippen LogP) is 3.67. The third kappa shape index (κ3) is 3.75. The second-order valence-corrected chi connectivity index (χ2v) is 7.50. The molecule has 0 radical (unpaired) electrons. The minimum atomic E-state index is -0.412. The zero-order valence-electron chi connectivity index (χ0n) is 14.5. The number of amides is 3. The summed E-state index contributed by atoms with van der Waals surface area (Å²) in [7, 11) is 0. The summed E-state index contributed by atoms with van der Waals surface area (Å²) >= 11 is 1.40. The van der Waals surface area contributed by atoms with E-state index in [0.29, 0.717) is 17.4 Å². The van der Waals surface area contributed by atoms with Gasteiger partial charge in [-0.2, -0.15) is 0 Å². The lowest BCUT2D eigenvalue weighted by atomic mass is 10.2. The van der Waals surface area contributed by atoms with Crippen molar-refractivity contribution >= 4 is 44.3 Å². The number of aromatic nitrogens is 1. The summed E-state index contributed by atoms with van der Waals surface area (Å²) in [5.41, 5.74) is 2.45. The van der Waals surface area contributed by atoms with Gasteiger partial charge in [-0.1, -0.05) is 23.5 Å². The molecule has 1 fully saturated rings. The van der Waals surface area contributed by atoms with Gasteiger partial charge >= 0.3 is 6.03 Å². The van der Waals surface area contributed by atoms with E-state index in [1.807, 2.05) is 25.1 Å². The van der Waals surface area contributed by atoms with Crippen molar-refractivity contribution < 1.29 is 14.0 Å². The number of fused-ring (bicyclic) bond motifs is 1. The number of hydrogen-bond acceptors (Lipinski definition) is 4. The molecule has 1 aliphatic rings. The normalized spacial score (nSPS) is 16.7. The van der Waals surface area contributed by atoms with Crippen molar-refractivity contribution in [2.45, 2.75) is 19.4 Å². The lowest BCUT2D eigenvalue weighted by molar-refractivity contribution is -0.117. The lowest BCUT2D eigenvalue weighted by Crippen LogP contribution is -2.39. The maximum Gasteiger partial charge on any atom is 0.321 e. The van der Waals surface area contributed by atoms with E-state index in [4.69, 9.17) is 0 Å². The van der Waals surface area contributed by atoms with E-state index < -0.39 is 11.8 Å². The number of aryl methyl sites for hydroxylation is 1. The highest BCUT2D eigenvalue weighted by Crippen LogP contribution is 2.27. The van der Waals surface area contributed by atoms with Crippen LogP contribution in [0.1, 0.15) is 12.0 Å². The first-order valence-corrected chi connectivity index (χ1v) is 9.30. The Morgan fingerprint density at radius 2 is 2.15 bits per heavy atom. The highest BCUT2D eigenvalue weighted by atomic mass is 32.1. The molecule has 6 nitrogen and oxygen atoms in total. The maximum absolute atomic E-state index is 13.4. The van der Waals surface area contributed by atoms with Gasteiger partial charge in [-0.15, -0.1) is 0 Å². The van der Waals surface area contributed by atoms with Gasteiger partial charge in [-0.3, -0.25) is 10.1 Å². The average molecular weight is 384 g/mol. The van der Waals surface area contributed by atoms with Gasteiger partial charge in [-0.05, 0) is 42.8 Å². The zero-order valence-corrected chi connectivity index (χ0v) is 15.3. The number of nitrogens with one attached hydrogen (secondary N) is 2.